The highest BCUT2D eigenvalue weighted by atomic mass is 16.4. The van der Waals surface area contributed by atoms with E-state index in [1.165, 1.54) is 27.2 Å². The standard InChI is InChI=1S/C25H21N3O3/c29-24-22(25(30)31)14-21(23-3-1-2-11-28(23)24)16-27-12-8-19-13-18(4-5-20(19)15-27)17-6-9-26-10-7-17/h1-7,9-11,13-14H,8,12,15-16H2,(H,30,31). The fourth-order valence-electron chi connectivity index (χ4n) is 4.31. The van der Waals surface area contributed by atoms with Gasteiger partial charge in [-0.05, 0) is 64.6 Å². The predicted molar refractivity (Wildman–Crippen MR) is 118 cm³/mol. The van der Waals surface area contributed by atoms with Crippen LogP contribution in [0.2, 0.25) is 0 Å². The maximum absolute atomic E-state index is 12.5. The summed E-state index contributed by atoms with van der Waals surface area (Å²) in [5.74, 6) is -1.20. The van der Waals surface area contributed by atoms with E-state index in [0.29, 0.717) is 6.54 Å². The van der Waals surface area contributed by atoms with Crippen molar-refractivity contribution in [3.63, 3.8) is 0 Å². The Balaban J connectivity index is 1.44. The molecule has 154 valence electrons. The van der Waals surface area contributed by atoms with Gasteiger partial charge in [-0.3, -0.25) is 19.1 Å². The summed E-state index contributed by atoms with van der Waals surface area (Å²) >= 11 is 0. The van der Waals surface area contributed by atoms with Crippen molar-refractivity contribution in [1.29, 1.82) is 0 Å². The Kier molecular flexibility index (Phi) is 4.84. The third kappa shape index (κ3) is 3.62. The molecule has 6 heteroatoms. The van der Waals surface area contributed by atoms with Crippen LogP contribution in [-0.4, -0.2) is 31.9 Å². The Bertz CT molecular complexity index is 1350. The number of nitrogens with zero attached hydrogens (tertiary/aromatic N) is 3. The van der Waals surface area contributed by atoms with Gasteiger partial charge in [0.25, 0.3) is 5.56 Å². The Morgan fingerprint density at radius 1 is 1.00 bits per heavy atom. The van der Waals surface area contributed by atoms with Gasteiger partial charge in [0.2, 0.25) is 0 Å². The number of fused-ring (bicyclic) bond motifs is 2. The zero-order valence-electron chi connectivity index (χ0n) is 16.9. The molecule has 1 aromatic carbocycles. The van der Waals surface area contributed by atoms with Gasteiger partial charge >= 0.3 is 5.97 Å². The van der Waals surface area contributed by atoms with E-state index in [9.17, 15) is 14.7 Å². The minimum Gasteiger partial charge on any atom is -0.477 e. The maximum atomic E-state index is 12.5. The molecule has 0 aliphatic carbocycles. The van der Waals surface area contributed by atoms with E-state index in [1.54, 1.807) is 24.7 Å². The van der Waals surface area contributed by atoms with E-state index < -0.39 is 11.5 Å². The molecule has 0 saturated carbocycles. The lowest BCUT2D eigenvalue weighted by Crippen LogP contribution is -2.31. The highest BCUT2D eigenvalue weighted by Crippen LogP contribution is 2.27. The quantitative estimate of drug-likeness (QED) is 0.555. The summed E-state index contributed by atoms with van der Waals surface area (Å²) in [5, 5.41) is 9.47. The summed E-state index contributed by atoms with van der Waals surface area (Å²) in [6, 6.07) is 17.6. The SMILES string of the molecule is O=C(O)c1cc(CN2CCc3cc(-c4ccncc4)ccc3C2)c2ccccn2c1=O. The zero-order valence-corrected chi connectivity index (χ0v) is 16.9. The van der Waals surface area contributed by atoms with Gasteiger partial charge in [0, 0.05) is 38.2 Å². The molecule has 5 rings (SSSR count). The van der Waals surface area contributed by atoms with Crippen LogP contribution >= 0.6 is 0 Å². The summed E-state index contributed by atoms with van der Waals surface area (Å²) in [7, 11) is 0. The lowest BCUT2D eigenvalue weighted by Gasteiger charge is -2.29. The van der Waals surface area contributed by atoms with E-state index in [0.717, 1.165) is 36.2 Å². The third-order valence-electron chi connectivity index (χ3n) is 5.89. The molecular weight excluding hydrogens is 390 g/mol. The van der Waals surface area contributed by atoms with E-state index in [-0.39, 0.29) is 5.56 Å². The van der Waals surface area contributed by atoms with Crippen LogP contribution in [0.15, 0.2) is 78.0 Å². The second-order valence-corrected chi connectivity index (χ2v) is 7.83. The summed E-state index contributed by atoms with van der Waals surface area (Å²) in [6.07, 6.45) is 6.15. The van der Waals surface area contributed by atoms with Crippen molar-refractivity contribution >= 4 is 11.5 Å². The van der Waals surface area contributed by atoms with Crippen molar-refractivity contribution in [2.75, 3.05) is 6.54 Å². The van der Waals surface area contributed by atoms with Crippen molar-refractivity contribution in [2.45, 2.75) is 19.5 Å². The van der Waals surface area contributed by atoms with Crippen LogP contribution in [0.4, 0.5) is 0 Å². The fourth-order valence-corrected chi connectivity index (χ4v) is 4.31. The molecule has 4 heterocycles. The number of hydrogen-bond acceptors (Lipinski definition) is 4. The Labute approximate surface area is 179 Å². The van der Waals surface area contributed by atoms with Crippen molar-refractivity contribution in [3.05, 3.63) is 106 Å². The fraction of sp³-hybridized carbons (Fsp3) is 0.160. The Morgan fingerprint density at radius 2 is 1.84 bits per heavy atom. The molecular formula is C25H21N3O3. The molecule has 31 heavy (non-hydrogen) atoms. The molecule has 4 aromatic rings. The molecule has 0 bridgehead atoms. The number of carboxylic acid groups (broad SMARTS) is 1. The van der Waals surface area contributed by atoms with Crippen LogP contribution < -0.4 is 5.56 Å². The monoisotopic (exact) mass is 411 g/mol. The second kappa shape index (κ2) is 7.81. The number of benzene rings is 1. The first kappa shape index (κ1) is 19.2. The minimum atomic E-state index is -1.20. The lowest BCUT2D eigenvalue weighted by molar-refractivity contribution is 0.0694. The van der Waals surface area contributed by atoms with Crippen LogP contribution in [0.25, 0.3) is 16.6 Å². The lowest BCUT2D eigenvalue weighted by atomic mass is 9.94. The topological polar surface area (TPSA) is 74.9 Å². The van der Waals surface area contributed by atoms with Gasteiger partial charge in [-0.15, -0.1) is 0 Å². The molecule has 0 unspecified atom stereocenters. The number of hydrogen-bond donors (Lipinski definition) is 1. The number of pyridine rings is 3. The summed E-state index contributed by atoms with van der Waals surface area (Å²) in [6.45, 7) is 2.24. The summed E-state index contributed by atoms with van der Waals surface area (Å²) in [5.41, 5.74) is 5.85. The molecule has 6 nitrogen and oxygen atoms in total. The van der Waals surface area contributed by atoms with Crippen molar-refractivity contribution in [1.82, 2.24) is 14.3 Å². The number of carbonyl (C=O) groups is 1. The average molecular weight is 411 g/mol. The molecule has 0 saturated heterocycles. The second-order valence-electron chi connectivity index (χ2n) is 7.83. The van der Waals surface area contributed by atoms with Gasteiger partial charge in [0.15, 0.2) is 0 Å². The number of carboxylic acids is 1. The van der Waals surface area contributed by atoms with E-state index in [4.69, 9.17) is 0 Å². The van der Waals surface area contributed by atoms with Crippen LogP contribution in [0.1, 0.15) is 27.0 Å². The van der Waals surface area contributed by atoms with E-state index in [2.05, 4.69) is 28.1 Å². The highest BCUT2D eigenvalue weighted by Gasteiger charge is 2.20. The molecule has 0 atom stereocenters. The third-order valence-corrected chi connectivity index (χ3v) is 5.89. The molecule has 1 aliphatic heterocycles. The van der Waals surface area contributed by atoms with Crippen LogP contribution in [0.3, 0.4) is 0 Å². The van der Waals surface area contributed by atoms with Gasteiger partial charge < -0.3 is 5.11 Å². The molecule has 1 aliphatic rings. The Morgan fingerprint density at radius 3 is 2.65 bits per heavy atom. The molecule has 3 aromatic heterocycles. The largest absolute Gasteiger partial charge is 0.477 e. The smallest absolute Gasteiger partial charge is 0.341 e. The van der Waals surface area contributed by atoms with Gasteiger partial charge in [-0.2, -0.15) is 0 Å². The van der Waals surface area contributed by atoms with Crippen LogP contribution in [-0.2, 0) is 19.5 Å². The van der Waals surface area contributed by atoms with E-state index >= 15 is 0 Å². The highest BCUT2D eigenvalue weighted by molar-refractivity contribution is 5.88. The first-order chi connectivity index (χ1) is 15.1. The molecule has 0 radical (unpaired) electrons. The first-order valence-electron chi connectivity index (χ1n) is 10.2. The molecule has 0 amide bonds. The summed E-state index contributed by atoms with van der Waals surface area (Å²) in [4.78, 5) is 30.5. The average Bonchev–Trinajstić information content (AvgIpc) is 2.81. The zero-order chi connectivity index (χ0) is 21.4. The number of rotatable bonds is 4. The number of aromatic nitrogens is 2. The van der Waals surface area contributed by atoms with Crippen LogP contribution in [0, 0.1) is 0 Å². The van der Waals surface area contributed by atoms with Crippen LogP contribution in [0.5, 0.6) is 0 Å². The maximum Gasteiger partial charge on any atom is 0.341 e. The van der Waals surface area contributed by atoms with Gasteiger partial charge in [-0.25, -0.2) is 4.79 Å². The van der Waals surface area contributed by atoms with Crippen molar-refractivity contribution in [3.8, 4) is 11.1 Å². The predicted octanol–water partition coefficient (Wildman–Crippen LogP) is 3.62. The van der Waals surface area contributed by atoms with E-state index in [1.807, 2.05) is 24.3 Å². The van der Waals surface area contributed by atoms with Gasteiger partial charge in [-0.1, -0.05) is 24.3 Å². The first-order valence-corrected chi connectivity index (χ1v) is 10.2. The van der Waals surface area contributed by atoms with Gasteiger partial charge in [0.1, 0.15) is 5.56 Å². The summed E-state index contributed by atoms with van der Waals surface area (Å²) < 4.78 is 1.43. The molecule has 1 N–H and O–H groups in total. The van der Waals surface area contributed by atoms with Crippen molar-refractivity contribution in [2.24, 2.45) is 0 Å². The number of aromatic carboxylic acids is 1. The minimum absolute atomic E-state index is 0.196. The normalized spacial score (nSPS) is 13.8. The van der Waals surface area contributed by atoms with Crippen molar-refractivity contribution < 1.29 is 9.90 Å². The molecule has 0 fully saturated rings. The Hall–Kier alpha value is -3.77. The molecule has 0 spiro atoms. The van der Waals surface area contributed by atoms with Gasteiger partial charge in [0.05, 0.1) is 5.52 Å².